The van der Waals surface area contributed by atoms with Crippen LogP contribution in [0.25, 0.3) is 10.9 Å². The van der Waals surface area contributed by atoms with Gasteiger partial charge < -0.3 is 0 Å². The van der Waals surface area contributed by atoms with Gasteiger partial charge in [-0.05, 0) is 18.6 Å². The number of hydrogen-bond donors (Lipinski definition) is 0. The number of likely N-dealkylation sites (tertiary alicyclic amines) is 1. The minimum atomic E-state index is -0.134. The molecule has 1 aliphatic rings. The molecule has 0 aliphatic carbocycles. The summed E-state index contributed by atoms with van der Waals surface area (Å²) in [6.07, 6.45) is 1.48. The van der Waals surface area contributed by atoms with Crippen LogP contribution in [0.4, 0.5) is 0 Å². The Morgan fingerprint density at radius 2 is 1.85 bits per heavy atom. The molecule has 2 amide bonds. The average Bonchev–Trinajstić information content (AvgIpc) is 2.43. The van der Waals surface area contributed by atoms with Gasteiger partial charge in [0.25, 0.3) is 0 Å². The van der Waals surface area contributed by atoms with Crippen molar-refractivity contribution in [3.05, 3.63) is 41.0 Å². The van der Waals surface area contributed by atoms with Crippen LogP contribution >= 0.6 is 11.6 Å². The average molecular weight is 289 g/mol. The van der Waals surface area contributed by atoms with Crippen molar-refractivity contribution in [2.24, 2.45) is 0 Å². The molecule has 1 aromatic heterocycles. The van der Waals surface area contributed by atoms with Crippen molar-refractivity contribution in [1.29, 1.82) is 0 Å². The number of hydrogen-bond acceptors (Lipinski definition) is 3. The number of benzene rings is 1. The molecule has 0 bridgehead atoms. The molecule has 1 aromatic carbocycles. The Morgan fingerprint density at radius 1 is 1.15 bits per heavy atom. The summed E-state index contributed by atoms with van der Waals surface area (Å²) in [6.45, 7) is 0.203. The number of imide groups is 1. The summed E-state index contributed by atoms with van der Waals surface area (Å²) in [6, 6.07) is 9.51. The highest BCUT2D eigenvalue weighted by Gasteiger charge is 2.26. The third kappa shape index (κ3) is 2.39. The third-order valence-corrected chi connectivity index (χ3v) is 3.79. The molecule has 1 saturated heterocycles. The third-order valence-electron chi connectivity index (χ3n) is 3.46. The van der Waals surface area contributed by atoms with Crippen LogP contribution in [0.5, 0.6) is 0 Å². The summed E-state index contributed by atoms with van der Waals surface area (Å²) < 4.78 is 0. The lowest BCUT2D eigenvalue weighted by atomic mass is 10.1. The molecule has 1 aliphatic heterocycles. The number of pyridine rings is 1. The van der Waals surface area contributed by atoms with Gasteiger partial charge >= 0.3 is 0 Å². The summed E-state index contributed by atoms with van der Waals surface area (Å²) in [5, 5.41) is 1.29. The normalized spacial score (nSPS) is 15.9. The number of nitrogens with zero attached hydrogens (tertiary/aromatic N) is 2. The first-order valence-electron chi connectivity index (χ1n) is 6.52. The van der Waals surface area contributed by atoms with Crippen LogP contribution < -0.4 is 0 Å². The van der Waals surface area contributed by atoms with Crippen LogP contribution in [-0.2, 0) is 16.1 Å². The Morgan fingerprint density at radius 3 is 2.60 bits per heavy atom. The Kier molecular flexibility index (Phi) is 3.40. The molecule has 102 valence electrons. The second-order valence-electron chi connectivity index (χ2n) is 4.86. The summed E-state index contributed by atoms with van der Waals surface area (Å²) in [5.74, 6) is -0.268. The van der Waals surface area contributed by atoms with E-state index in [1.807, 2.05) is 30.3 Å². The van der Waals surface area contributed by atoms with Crippen LogP contribution in [0.1, 0.15) is 24.8 Å². The molecule has 0 saturated carbocycles. The Hall–Kier alpha value is -1.94. The molecule has 2 heterocycles. The van der Waals surface area contributed by atoms with Crippen molar-refractivity contribution < 1.29 is 9.59 Å². The van der Waals surface area contributed by atoms with E-state index in [0.29, 0.717) is 30.0 Å². The summed E-state index contributed by atoms with van der Waals surface area (Å²) in [7, 11) is 0. The Balaban J connectivity index is 1.95. The minimum Gasteiger partial charge on any atom is -0.278 e. The van der Waals surface area contributed by atoms with E-state index in [-0.39, 0.29) is 18.4 Å². The second kappa shape index (κ2) is 5.21. The van der Waals surface area contributed by atoms with Crippen LogP contribution in [-0.4, -0.2) is 21.7 Å². The largest absolute Gasteiger partial charge is 0.278 e. The zero-order valence-corrected chi connectivity index (χ0v) is 11.6. The highest BCUT2D eigenvalue weighted by molar-refractivity contribution is 6.30. The van der Waals surface area contributed by atoms with Gasteiger partial charge in [0.2, 0.25) is 11.8 Å². The van der Waals surface area contributed by atoms with E-state index in [2.05, 4.69) is 4.98 Å². The monoisotopic (exact) mass is 288 g/mol. The first-order valence-corrected chi connectivity index (χ1v) is 6.90. The predicted octanol–water partition coefficient (Wildman–Crippen LogP) is 2.93. The van der Waals surface area contributed by atoms with Gasteiger partial charge in [-0.1, -0.05) is 29.8 Å². The fraction of sp³-hybridized carbons (Fsp3) is 0.267. The lowest BCUT2D eigenvalue weighted by molar-refractivity contribution is -0.148. The molecule has 2 aromatic rings. The van der Waals surface area contributed by atoms with E-state index in [9.17, 15) is 9.59 Å². The molecule has 0 unspecified atom stereocenters. The fourth-order valence-corrected chi connectivity index (χ4v) is 2.60. The van der Waals surface area contributed by atoms with Crippen molar-refractivity contribution in [3.8, 4) is 0 Å². The van der Waals surface area contributed by atoms with Crippen molar-refractivity contribution in [1.82, 2.24) is 9.88 Å². The maximum absolute atomic E-state index is 11.8. The number of amides is 2. The van der Waals surface area contributed by atoms with Gasteiger partial charge in [-0.3, -0.25) is 14.5 Å². The molecular weight excluding hydrogens is 276 g/mol. The molecule has 4 nitrogen and oxygen atoms in total. The SMILES string of the molecule is O=C1CCCC(=O)N1Cc1cc2ccccc2nc1Cl. The van der Waals surface area contributed by atoms with E-state index in [1.54, 1.807) is 0 Å². The number of piperidine rings is 1. The van der Waals surface area contributed by atoms with E-state index in [4.69, 9.17) is 11.6 Å². The molecule has 0 N–H and O–H groups in total. The van der Waals surface area contributed by atoms with Crippen molar-refractivity contribution in [3.63, 3.8) is 0 Å². The number of carbonyl (C=O) groups is 2. The highest BCUT2D eigenvalue weighted by atomic mass is 35.5. The smallest absolute Gasteiger partial charge is 0.229 e. The molecule has 3 rings (SSSR count). The lowest BCUT2D eigenvalue weighted by Gasteiger charge is -2.25. The van der Waals surface area contributed by atoms with E-state index in [1.165, 1.54) is 4.90 Å². The van der Waals surface area contributed by atoms with Crippen molar-refractivity contribution in [2.45, 2.75) is 25.8 Å². The van der Waals surface area contributed by atoms with Gasteiger partial charge in [0.05, 0.1) is 12.1 Å². The van der Waals surface area contributed by atoms with Crippen molar-refractivity contribution in [2.75, 3.05) is 0 Å². The molecule has 0 radical (unpaired) electrons. The standard InChI is InChI=1S/C15H13ClN2O2/c16-15-11(8-10-4-1-2-5-12(10)17-15)9-18-13(19)6-3-7-14(18)20/h1-2,4-5,8H,3,6-7,9H2. The lowest BCUT2D eigenvalue weighted by Crippen LogP contribution is -2.39. The predicted molar refractivity (Wildman–Crippen MR) is 76.2 cm³/mol. The number of para-hydroxylation sites is 1. The first kappa shape index (κ1) is 13.1. The number of fused-ring (bicyclic) bond motifs is 1. The second-order valence-corrected chi connectivity index (χ2v) is 5.22. The van der Waals surface area contributed by atoms with Gasteiger partial charge in [-0.2, -0.15) is 0 Å². The van der Waals surface area contributed by atoms with E-state index < -0.39 is 0 Å². The molecule has 5 heteroatoms. The summed E-state index contributed by atoms with van der Waals surface area (Å²) in [5.41, 5.74) is 1.51. The van der Waals surface area contributed by atoms with Crippen molar-refractivity contribution >= 4 is 34.3 Å². The van der Waals surface area contributed by atoms with Gasteiger partial charge in [-0.15, -0.1) is 0 Å². The summed E-state index contributed by atoms with van der Waals surface area (Å²) >= 11 is 6.16. The highest BCUT2D eigenvalue weighted by Crippen LogP contribution is 2.23. The van der Waals surface area contributed by atoms with Crippen LogP contribution in [0.3, 0.4) is 0 Å². The number of rotatable bonds is 2. The maximum Gasteiger partial charge on any atom is 0.229 e. The molecule has 0 atom stereocenters. The molecular formula is C15H13ClN2O2. The van der Waals surface area contributed by atoms with E-state index >= 15 is 0 Å². The summed E-state index contributed by atoms with van der Waals surface area (Å²) in [4.78, 5) is 29.2. The number of carbonyl (C=O) groups excluding carboxylic acids is 2. The van der Waals surface area contributed by atoms with Gasteiger partial charge in [0.1, 0.15) is 5.15 Å². The van der Waals surface area contributed by atoms with Gasteiger partial charge in [0, 0.05) is 23.8 Å². The number of aromatic nitrogens is 1. The fourth-order valence-electron chi connectivity index (χ4n) is 2.39. The maximum atomic E-state index is 11.8. The van der Waals surface area contributed by atoms with Crippen LogP contribution in [0, 0.1) is 0 Å². The Bertz CT molecular complexity index is 683. The van der Waals surface area contributed by atoms with Gasteiger partial charge in [0.15, 0.2) is 0 Å². The number of halogens is 1. The van der Waals surface area contributed by atoms with Crippen LogP contribution in [0.15, 0.2) is 30.3 Å². The molecule has 1 fully saturated rings. The molecule has 0 spiro atoms. The minimum absolute atomic E-state index is 0.134. The zero-order chi connectivity index (χ0) is 14.1. The van der Waals surface area contributed by atoms with Gasteiger partial charge in [-0.25, -0.2) is 4.98 Å². The van der Waals surface area contributed by atoms with Crippen LogP contribution in [0.2, 0.25) is 5.15 Å². The zero-order valence-electron chi connectivity index (χ0n) is 10.8. The first-order chi connectivity index (χ1) is 9.65. The van der Waals surface area contributed by atoms with E-state index in [0.717, 1.165) is 10.9 Å². The quantitative estimate of drug-likeness (QED) is 0.630. The Labute approximate surface area is 121 Å². The topological polar surface area (TPSA) is 50.3 Å². The molecule has 20 heavy (non-hydrogen) atoms.